The minimum Gasteiger partial charge on any atom is -0.348 e. The predicted octanol–water partition coefficient (Wildman–Crippen LogP) is 4.13. The van der Waals surface area contributed by atoms with Crippen molar-refractivity contribution in [3.63, 3.8) is 0 Å². The smallest absolute Gasteiger partial charge is 0.255 e. The van der Waals surface area contributed by atoms with Gasteiger partial charge >= 0.3 is 0 Å². The summed E-state index contributed by atoms with van der Waals surface area (Å²) < 4.78 is 26.8. The second-order valence-electron chi connectivity index (χ2n) is 6.15. The molecule has 0 aromatic heterocycles. The van der Waals surface area contributed by atoms with Gasteiger partial charge in [0.05, 0.1) is 11.3 Å². The molecule has 1 aliphatic heterocycles. The molecule has 0 saturated heterocycles. The Bertz CT molecular complexity index is 1070. The molecule has 0 spiro atoms. The predicted molar refractivity (Wildman–Crippen MR) is 97.4 cm³/mol. The van der Waals surface area contributed by atoms with Crippen LogP contribution < -0.4 is 10.6 Å². The minimum absolute atomic E-state index is 0.248. The second-order valence-corrected chi connectivity index (χ2v) is 6.15. The summed E-state index contributed by atoms with van der Waals surface area (Å²) in [4.78, 5) is 24.7. The highest BCUT2D eigenvalue weighted by molar-refractivity contribution is 6.11. The van der Waals surface area contributed by atoms with Gasteiger partial charge in [0.1, 0.15) is 0 Å². The molecular weight excluding hydrogens is 350 g/mol. The summed E-state index contributed by atoms with van der Waals surface area (Å²) in [6.45, 7) is 0.248. The molecule has 4 nitrogen and oxygen atoms in total. The lowest BCUT2D eigenvalue weighted by Gasteiger charge is -2.13. The van der Waals surface area contributed by atoms with Gasteiger partial charge in [-0.2, -0.15) is 0 Å². The van der Waals surface area contributed by atoms with Gasteiger partial charge in [0.2, 0.25) is 0 Å². The maximum atomic E-state index is 13.6. The number of carbonyl (C=O) groups is 2. The van der Waals surface area contributed by atoms with Gasteiger partial charge < -0.3 is 10.6 Å². The number of fused-ring (bicyclic) bond motifs is 1. The van der Waals surface area contributed by atoms with Gasteiger partial charge in [-0.3, -0.25) is 9.59 Å². The van der Waals surface area contributed by atoms with Gasteiger partial charge in [-0.1, -0.05) is 30.3 Å². The standard InChI is InChI=1S/C21H14F2N2O2/c22-16-8-6-13(10-17(16)23)14-7-9-18(19-15(14)11-24-21(19)27)25-20(26)12-4-2-1-3-5-12/h1-10H,11H2,(H,24,27)(H,25,26). The van der Waals surface area contributed by atoms with Crippen LogP contribution in [0.4, 0.5) is 14.5 Å². The van der Waals surface area contributed by atoms with Crippen LogP contribution in [0.3, 0.4) is 0 Å². The lowest BCUT2D eigenvalue weighted by atomic mass is 9.95. The number of benzene rings is 3. The molecule has 3 aromatic carbocycles. The number of halogens is 2. The lowest BCUT2D eigenvalue weighted by Crippen LogP contribution is -2.17. The molecule has 0 unspecified atom stereocenters. The Morgan fingerprint density at radius 3 is 2.48 bits per heavy atom. The van der Waals surface area contributed by atoms with E-state index in [-0.39, 0.29) is 18.4 Å². The number of hydrogen-bond acceptors (Lipinski definition) is 2. The number of rotatable bonds is 3. The van der Waals surface area contributed by atoms with Crippen molar-refractivity contribution in [3.8, 4) is 11.1 Å². The van der Waals surface area contributed by atoms with E-state index in [1.807, 2.05) is 0 Å². The molecule has 134 valence electrons. The Morgan fingerprint density at radius 1 is 0.963 bits per heavy atom. The fraction of sp³-hybridized carbons (Fsp3) is 0.0476. The maximum absolute atomic E-state index is 13.6. The highest BCUT2D eigenvalue weighted by atomic mass is 19.2. The second kappa shape index (κ2) is 6.64. The van der Waals surface area contributed by atoms with Gasteiger partial charge in [0.15, 0.2) is 11.6 Å². The molecule has 1 heterocycles. The maximum Gasteiger partial charge on any atom is 0.255 e. The zero-order chi connectivity index (χ0) is 19.0. The van der Waals surface area contributed by atoms with Crippen molar-refractivity contribution in [2.24, 2.45) is 0 Å². The van der Waals surface area contributed by atoms with Gasteiger partial charge in [-0.15, -0.1) is 0 Å². The van der Waals surface area contributed by atoms with Crippen LogP contribution in [0.1, 0.15) is 26.3 Å². The first-order valence-electron chi connectivity index (χ1n) is 8.30. The molecule has 0 radical (unpaired) electrons. The average molecular weight is 364 g/mol. The molecule has 1 aliphatic rings. The van der Waals surface area contributed by atoms with E-state index in [0.29, 0.717) is 33.5 Å². The molecule has 3 aromatic rings. The van der Waals surface area contributed by atoms with E-state index in [2.05, 4.69) is 10.6 Å². The molecule has 0 saturated carbocycles. The highest BCUT2D eigenvalue weighted by Gasteiger charge is 2.27. The highest BCUT2D eigenvalue weighted by Crippen LogP contribution is 2.34. The van der Waals surface area contributed by atoms with Crippen LogP contribution in [0.25, 0.3) is 11.1 Å². The number of carbonyl (C=O) groups excluding carboxylic acids is 2. The quantitative estimate of drug-likeness (QED) is 0.734. The van der Waals surface area contributed by atoms with Crippen LogP contribution in [-0.2, 0) is 6.54 Å². The summed E-state index contributed by atoms with van der Waals surface area (Å²) in [5.41, 5.74) is 2.88. The fourth-order valence-electron chi connectivity index (χ4n) is 3.17. The molecule has 27 heavy (non-hydrogen) atoms. The molecular formula is C21H14F2N2O2. The van der Waals surface area contributed by atoms with Crippen LogP contribution in [0, 0.1) is 11.6 Å². The van der Waals surface area contributed by atoms with Gasteiger partial charge in [-0.05, 0) is 47.0 Å². The Kier molecular flexibility index (Phi) is 4.16. The first-order chi connectivity index (χ1) is 13.0. The van der Waals surface area contributed by atoms with E-state index in [9.17, 15) is 18.4 Å². The SMILES string of the molecule is O=C(Nc1ccc(-c2ccc(F)c(F)c2)c2c1C(=O)NC2)c1ccccc1. The summed E-state index contributed by atoms with van der Waals surface area (Å²) in [6.07, 6.45) is 0. The number of hydrogen-bond donors (Lipinski definition) is 2. The third kappa shape index (κ3) is 3.06. The number of amides is 2. The monoisotopic (exact) mass is 364 g/mol. The summed E-state index contributed by atoms with van der Waals surface area (Å²) in [6, 6.07) is 15.5. The normalized spacial score (nSPS) is 12.4. The zero-order valence-electron chi connectivity index (χ0n) is 14.1. The molecule has 2 amide bonds. The van der Waals surface area contributed by atoms with E-state index in [4.69, 9.17) is 0 Å². The first-order valence-corrected chi connectivity index (χ1v) is 8.30. The summed E-state index contributed by atoms with van der Waals surface area (Å²) in [7, 11) is 0. The van der Waals surface area contributed by atoms with Crippen LogP contribution in [0.5, 0.6) is 0 Å². The topological polar surface area (TPSA) is 58.2 Å². The van der Waals surface area contributed by atoms with Crippen molar-refractivity contribution in [3.05, 3.63) is 89.0 Å². The van der Waals surface area contributed by atoms with Crippen molar-refractivity contribution < 1.29 is 18.4 Å². The summed E-state index contributed by atoms with van der Waals surface area (Å²) in [5.74, 6) is -2.55. The minimum atomic E-state index is -0.958. The zero-order valence-corrected chi connectivity index (χ0v) is 14.1. The molecule has 0 atom stereocenters. The number of anilines is 1. The molecule has 6 heteroatoms. The van der Waals surface area contributed by atoms with Crippen LogP contribution in [0.2, 0.25) is 0 Å². The first kappa shape index (κ1) is 16.9. The molecule has 0 fully saturated rings. The van der Waals surface area contributed by atoms with Crippen LogP contribution in [-0.4, -0.2) is 11.8 Å². The molecule has 0 bridgehead atoms. The molecule has 0 aliphatic carbocycles. The average Bonchev–Trinajstić information content (AvgIpc) is 3.07. The van der Waals surface area contributed by atoms with Crippen molar-refractivity contribution in [1.82, 2.24) is 5.32 Å². The Hall–Kier alpha value is -3.54. The Balaban J connectivity index is 1.75. The van der Waals surface area contributed by atoms with E-state index >= 15 is 0 Å². The van der Waals surface area contributed by atoms with Gasteiger partial charge in [-0.25, -0.2) is 8.78 Å². The number of nitrogens with one attached hydrogen (secondary N) is 2. The van der Waals surface area contributed by atoms with Crippen molar-refractivity contribution in [2.45, 2.75) is 6.54 Å². The fourth-order valence-corrected chi connectivity index (χ4v) is 3.17. The third-order valence-corrected chi connectivity index (χ3v) is 4.48. The summed E-state index contributed by atoms with van der Waals surface area (Å²) >= 11 is 0. The third-order valence-electron chi connectivity index (χ3n) is 4.48. The van der Waals surface area contributed by atoms with E-state index in [1.54, 1.807) is 42.5 Å². The van der Waals surface area contributed by atoms with E-state index < -0.39 is 11.6 Å². The molecule has 2 N–H and O–H groups in total. The lowest BCUT2D eigenvalue weighted by molar-refractivity contribution is 0.0966. The molecule has 4 rings (SSSR count). The summed E-state index contributed by atoms with van der Waals surface area (Å²) in [5, 5.41) is 5.47. The van der Waals surface area contributed by atoms with Crippen molar-refractivity contribution in [2.75, 3.05) is 5.32 Å². The van der Waals surface area contributed by atoms with E-state index in [0.717, 1.165) is 12.1 Å². The Labute approximate surface area is 153 Å². The van der Waals surface area contributed by atoms with Gasteiger partial charge in [0.25, 0.3) is 11.8 Å². The van der Waals surface area contributed by atoms with Gasteiger partial charge in [0, 0.05) is 12.1 Å². The van der Waals surface area contributed by atoms with Crippen molar-refractivity contribution >= 4 is 17.5 Å². The van der Waals surface area contributed by atoms with Crippen LogP contribution >= 0.6 is 0 Å². The van der Waals surface area contributed by atoms with Crippen molar-refractivity contribution in [1.29, 1.82) is 0 Å². The van der Waals surface area contributed by atoms with Crippen LogP contribution in [0.15, 0.2) is 60.7 Å². The Morgan fingerprint density at radius 2 is 1.74 bits per heavy atom. The largest absolute Gasteiger partial charge is 0.348 e. The van der Waals surface area contributed by atoms with E-state index in [1.165, 1.54) is 6.07 Å².